The topological polar surface area (TPSA) is 60.5 Å². The summed E-state index contributed by atoms with van der Waals surface area (Å²) >= 11 is 0. The van der Waals surface area contributed by atoms with Crippen LogP contribution < -0.4 is 5.32 Å². The van der Waals surface area contributed by atoms with Crippen LogP contribution in [0.4, 0.5) is 0 Å². The minimum absolute atomic E-state index is 0.376. The molecule has 0 aromatic carbocycles. The summed E-state index contributed by atoms with van der Waals surface area (Å²) in [6.07, 6.45) is 2.62. The van der Waals surface area contributed by atoms with Gasteiger partial charge < -0.3 is 14.8 Å². The molecule has 5 heteroatoms. The summed E-state index contributed by atoms with van der Waals surface area (Å²) in [5.74, 6) is -0.376. The van der Waals surface area contributed by atoms with Gasteiger partial charge in [0.1, 0.15) is 0 Å². The Balaban J connectivity index is 2.25. The quantitative estimate of drug-likeness (QED) is 0.559. The smallest absolute Gasteiger partial charge is 0.339 e. The summed E-state index contributed by atoms with van der Waals surface area (Å²) in [6.45, 7) is 5.08. The maximum atomic E-state index is 11.2. The molecule has 100 valence electrons. The minimum Gasteiger partial charge on any atom is -0.465 e. The molecule has 0 bridgehead atoms. The number of ether oxygens (including phenoxy) is 2. The molecule has 18 heavy (non-hydrogen) atoms. The first kappa shape index (κ1) is 14.6. The van der Waals surface area contributed by atoms with Crippen LogP contribution in [0.3, 0.4) is 0 Å². The van der Waals surface area contributed by atoms with Crippen LogP contribution in [0.5, 0.6) is 0 Å². The number of esters is 1. The first-order valence-corrected chi connectivity index (χ1v) is 6.09. The zero-order chi connectivity index (χ0) is 13.2. The Morgan fingerprint density at radius 1 is 1.39 bits per heavy atom. The van der Waals surface area contributed by atoms with E-state index in [0.717, 1.165) is 25.2 Å². The zero-order valence-electron chi connectivity index (χ0n) is 10.9. The average Bonchev–Trinajstić information content (AvgIpc) is 2.42. The molecule has 1 aromatic rings. The molecule has 0 radical (unpaired) electrons. The average molecular weight is 252 g/mol. The molecule has 0 saturated carbocycles. The highest BCUT2D eigenvalue weighted by molar-refractivity contribution is 5.88. The number of hydrogen-bond donors (Lipinski definition) is 1. The van der Waals surface area contributed by atoms with Crippen molar-refractivity contribution in [2.24, 2.45) is 0 Å². The standard InChI is InChI=1S/C13H20N2O3/c1-3-6-14-7-8-18-10-12-5-4-11(9-15-12)13(16)17-2/h4-5,9,14H,3,6-8,10H2,1-2H3. The van der Waals surface area contributed by atoms with Crippen molar-refractivity contribution in [3.05, 3.63) is 29.6 Å². The second-order valence-corrected chi connectivity index (χ2v) is 3.83. The third-order valence-corrected chi connectivity index (χ3v) is 2.35. The molecule has 1 aromatic heterocycles. The van der Waals surface area contributed by atoms with Crippen LogP contribution in [0.15, 0.2) is 18.3 Å². The van der Waals surface area contributed by atoms with Gasteiger partial charge in [-0.1, -0.05) is 6.92 Å². The predicted octanol–water partition coefficient (Wildman–Crippen LogP) is 1.38. The van der Waals surface area contributed by atoms with Crippen molar-refractivity contribution in [2.75, 3.05) is 26.8 Å². The van der Waals surface area contributed by atoms with E-state index in [1.165, 1.54) is 13.3 Å². The fourth-order valence-electron chi connectivity index (χ4n) is 1.37. The van der Waals surface area contributed by atoms with Crippen molar-refractivity contribution < 1.29 is 14.3 Å². The lowest BCUT2D eigenvalue weighted by Gasteiger charge is -2.05. The van der Waals surface area contributed by atoms with Crippen LogP contribution in [0.25, 0.3) is 0 Å². The van der Waals surface area contributed by atoms with E-state index in [1.54, 1.807) is 12.1 Å². The molecule has 0 atom stereocenters. The van der Waals surface area contributed by atoms with Crippen LogP contribution in [0, 0.1) is 0 Å². The van der Waals surface area contributed by atoms with Crippen molar-refractivity contribution in [3.63, 3.8) is 0 Å². The highest BCUT2D eigenvalue weighted by Crippen LogP contribution is 2.03. The van der Waals surface area contributed by atoms with Crippen molar-refractivity contribution in [2.45, 2.75) is 20.0 Å². The van der Waals surface area contributed by atoms with Gasteiger partial charge >= 0.3 is 5.97 Å². The summed E-state index contributed by atoms with van der Waals surface area (Å²) in [6, 6.07) is 3.46. The summed E-state index contributed by atoms with van der Waals surface area (Å²) in [7, 11) is 1.35. The molecule has 0 aliphatic carbocycles. The molecule has 0 spiro atoms. The van der Waals surface area contributed by atoms with Gasteiger partial charge in [0.05, 0.1) is 31.6 Å². The number of rotatable bonds is 8. The molecule has 0 fully saturated rings. The van der Waals surface area contributed by atoms with E-state index in [0.29, 0.717) is 18.8 Å². The normalized spacial score (nSPS) is 10.3. The number of nitrogens with one attached hydrogen (secondary N) is 1. The number of pyridine rings is 1. The van der Waals surface area contributed by atoms with E-state index in [4.69, 9.17) is 4.74 Å². The second-order valence-electron chi connectivity index (χ2n) is 3.83. The second kappa shape index (κ2) is 8.60. The van der Waals surface area contributed by atoms with Crippen molar-refractivity contribution in [3.8, 4) is 0 Å². The molecule has 5 nitrogen and oxygen atoms in total. The molecular formula is C13H20N2O3. The van der Waals surface area contributed by atoms with Gasteiger partial charge in [-0.15, -0.1) is 0 Å². The Kier molecular flexibility index (Phi) is 6.98. The monoisotopic (exact) mass is 252 g/mol. The van der Waals surface area contributed by atoms with E-state index >= 15 is 0 Å². The maximum absolute atomic E-state index is 11.2. The fraction of sp³-hybridized carbons (Fsp3) is 0.538. The van der Waals surface area contributed by atoms with Crippen molar-refractivity contribution >= 4 is 5.97 Å². The van der Waals surface area contributed by atoms with Gasteiger partial charge in [-0.05, 0) is 25.1 Å². The van der Waals surface area contributed by atoms with Gasteiger partial charge in [-0.2, -0.15) is 0 Å². The number of hydrogen-bond acceptors (Lipinski definition) is 5. The number of carbonyl (C=O) groups is 1. The van der Waals surface area contributed by atoms with Crippen LogP contribution in [-0.4, -0.2) is 37.8 Å². The molecule has 1 heterocycles. The van der Waals surface area contributed by atoms with Crippen LogP contribution in [0.1, 0.15) is 29.4 Å². The van der Waals surface area contributed by atoms with E-state index in [-0.39, 0.29) is 5.97 Å². The van der Waals surface area contributed by atoms with Crippen molar-refractivity contribution in [1.29, 1.82) is 0 Å². The molecular weight excluding hydrogens is 232 g/mol. The molecule has 0 unspecified atom stereocenters. The molecule has 0 aliphatic rings. The van der Waals surface area contributed by atoms with E-state index in [1.807, 2.05) is 0 Å². The first-order chi connectivity index (χ1) is 8.77. The van der Waals surface area contributed by atoms with E-state index in [2.05, 4.69) is 22.0 Å². The number of aromatic nitrogens is 1. The fourth-order valence-corrected chi connectivity index (χ4v) is 1.37. The third-order valence-electron chi connectivity index (χ3n) is 2.35. The number of methoxy groups -OCH3 is 1. The molecule has 0 aliphatic heterocycles. The van der Waals surface area contributed by atoms with Gasteiger partial charge in [0.15, 0.2) is 0 Å². The van der Waals surface area contributed by atoms with Gasteiger partial charge in [0.2, 0.25) is 0 Å². The Morgan fingerprint density at radius 2 is 2.22 bits per heavy atom. The molecule has 0 saturated heterocycles. The Labute approximate surface area is 108 Å². The zero-order valence-corrected chi connectivity index (χ0v) is 10.9. The Morgan fingerprint density at radius 3 is 2.83 bits per heavy atom. The Bertz CT molecular complexity index is 352. The first-order valence-electron chi connectivity index (χ1n) is 6.09. The van der Waals surface area contributed by atoms with E-state index < -0.39 is 0 Å². The number of carbonyl (C=O) groups excluding carboxylic acids is 1. The third kappa shape index (κ3) is 5.25. The molecule has 1 rings (SSSR count). The summed E-state index contributed by atoms with van der Waals surface area (Å²) in [5.41, 5.74) is 1.25. The number of nitrogens with zero attached hydrogens (tertiary/aromatic N) is 1. The van der Waals surface area contributed by atoms with Crippen LogP contribution in [-0.2, 0) is 16.1 Å². The highest BCUT2D eigenvalue weighted by Gasteiger charge is 2.05. The maximum Gasteiger partial charge on any atom is 0.339 e. The van der Waals surface area contributed by atoms with Crippen LogP contribution in [0.2, 0.25) is 0 Å². The SMILES string of the molecule is CCCNCCOCc1ccc(C(=O)OC)cn1. The summed E-state index contributed by atoms with van der Waals surface area (Å²) < 4.78 is 10.0. The summed E-state index contributed by atoms with van der Waals surface area (Å²) in [5, 5.41) is 3.25. The van der Waals surface area contributed by atoms with Gasteiger partial charge in [-0.3, -0.25) is 4.98 Å². The Hall–Kier alpha value is -1.46. The largest absolute Gasteiger partial charge is 0.465 e. The van der Waals surface area contributed by atoms with Gasteiger partial charge in [-0.25, -0.2) is 4.79 Å². The minimum atomic E-state index is -0.376. The van der Waals surface area contributed by atoms with E-state index in [9.17, 15) is 4.79 Å². The lowest BCUT2D eigenvalue weighted by atomic mass is 10.2. The van der Waals surface area contributed by atoms with Crippen molar-refractivity contribution in [1.82, 2.24) is 10.3 Å². The predicted molar refractivity (Wildman–Crippen MR) is 68.4 cm³/mol. The lowest BCUT2D eigenvalue weighted by Crippen LogP contribution is -2.20. The van der Waals surface area contributed by atoms with Gasteiger partial charge in [0, 0.05) is 12.7 Å². The van der Waals surface area contributed by atoms with Gasteiger partial charge in [0.25, 0.3) is 0 Å². The summed E-state index contributed by atoms with van der Waals surface area (Å²) in [4.78, 5) is 15.3. The molecule has 1 N–H and O–H groups in total. The highest BCUT2D eigenvalue weighted by atomic mass is 16.5. The molecule has 0 amide bonds. The lowest BCUT2D eigenvalue weighted by molar-refractivity contribution is 0.0600. The van der Waals surface area contributed by atoms with Crippen LogP contribution >= 0.6 is 0 Å².